The van der Waals surface area contributed by atoms with E-state index in [1.165, 1.54) is 130 Å². The third-order valence-electron chi connectivity index (χ3n) is 15.3. The van der Waals surface area contributed by atoms with Gasteiger partial charge in [-0.1, -0.05) is 182 Å². The molecule has 0 saturated carbocycles. The summed E-state index contributed by atoms with van der Waals surface area (Å²) in [5, 5.41) is 22.0. The summed E-state index contributed by atoms with van der Waals surface area (Å²) in [4.78, 5) is 0. The van der Waals surface area contributed by atoms with Gasteiger partial charge in [0.15, 0.2) is 0 Å². The van der Waals surface area contributed by atoms with Crippen LogP contribution in [0.25, 0.3) is 147 Å². The predicted octanol–water partition coefficient (Wildman–Crippen LogP) is 17.9. The van der Waals surface area contributed by atoms with E-state index in [1.54, 1.807) is 0 Å². The highest BCUT2D eigenvalue weighted by molar-refractivity contribution is 6.33. The van der Waals surface area contributed by atoms with Crippen LogP contribution in [0, 0.1) is 0 Å². The van der Waals surface area contributed by atoms with Gasteiger partial charge in [0.25, 0.3) is 0 Å². The number of hydrogen-bond acceptors (Lipinski definition) is 0. The minimum atomic E-state index is 1.14. The Morgan fingerprint density at radius 2 is 0.565 bits per heavy atom. The minimum absolute atomic E-state index is 1.14. The smallest absolute Gasteiger partial charge is 0.0620 e. The van der Waals surface area contributed by atoms with E-state index in [4.69, 9.17) is 0 Å². The van der Waals surface area contributed by atoms with Gasteiger partial charge in [-0.15, -0.1) is 0 Å². The van der Waals surface area contributed by atoms with Crippen molar-refractivity contribution >= 4 is 141 Å². The van der Waals surface area contributed by atoms with E-state index in [-0.39, 0.29) is 0 Å². The fraction of sp³-hybridized carbons (Fsp3) is 0. The van der Waals surface area contributed by atoms with E-state index in [0.29, 0.717) is 0 Å². The molecule has 0 aliphatic rings. The van der Waals surface area contributed by atoms with Crippen LogP contribution in [0.4, 0.5) is 0 Å². The molecular formula is C66H39N3. The molecular weight excluding hydrogens is 835 g/mol. The van der Waals surface area contributed by atoms with Gasteiger partial charge in [0.05, 0.1) is 44.1 Å². The van der Waals surface area contributed by atoms with Crippen molar-refractivity contribution in [3.63, 3.8) is 0 Å². The molecule has 16 aromatic rings. The number of nitrogens with zero attached hydrogens (tertiary/aromatic N) is 3. The summed E-state index contributed by atoms with van der Waals surface area (Å²) < 4.78 is 7.67. The molecule has 4 heterocycles. The third-order valence-corrected chi connectivity index (χ3v) is 15.3. The summed E-state index contributed by atoms with van der Waals surface area (Å²) in [7, 11) is 0. The summed E-state index contributed by atoms with van der Waals surface area (Å²) in [6.07, 6.45) is 0. The fourth-order valence-corrected chi connectivity index (χ4v) is 12.6. The zero-order valence-corrected chi connectivity index (χ0v) is 37.4. The molecule has 16 rings (SSSR count). The predicted molar refractivity (Wildman–Crippen MR) is 295 cm³/mol. The molecule has 0 atom stereocenters. The van der Waals surface area contributed by atoms with Gasteiger partial charge in [0, 0.05) is 59.5 Å². The van der Waals surface area contributed by atoms with E-state index < -0.39 is 0 Å². The fourth-order valence-electron chi connectivity index (χ4n) is 12.6. The lowest BCUT2D eigenvalue weighted by atomic mass is 9.93. The Balaban J connectivity index is 1.30. The van der Waals surface area contributed by atoms with Crippen molar-refractivity contribution in [2.24, 2.45) is 0 Å². The van der Waals surface area contributed by atoms with Crippen molar-refractivity contribution in [1.29, 1.82) is 0 Å². The van der Waals surface area contributed by atoms with Crippen molar-refractivity contribution in [2.45, 2.75) is 0 Å². The lowest BCUT2D eigenvalue weighted by Gasteiger charge is -2.14. The maximum Gasteiger partial charge on any atom is 0.0620 e. The maximum absolute atomic E-state index is 2.62. The van der Waals surface area contributed by atoms with Crippen LogP contribution in [0.2, 0.25) is 0 Å². The lowest BCUT2D eigenvalue weighted by molar-refractivity contribution is 1.18. The molecule has 3 heteroatoms. The minimum Gasteiger partial charge on any atom is -0.309 e. The van der Waals surface area contributed by atoms with E-state index in [0.717, 1.165) is 16.7 Å². The van der Waals surface area contributed by atoms with Crippen LogP contribution in [0.5, 0.6) is 0 Å². The average Bonchev–Trinajstić information content (AvgIpc) is 4.06. The first-order valence-corrected chi connectivity index (χ1v) is 23.9. The Bertz CT molecular complexity index is 5010. The van der Waals surface area contributed by atoms with Crippen molar-refractivity contribution in [2.75, 3.05) is 0 Å². The van der Waals surface area contributed by atoms with Crippen LogP contribution in [0.15, 0.2) is 237 Å². The van der Waals surface area contributed by atoms with Gasteiger partial charge >= 0.3 is 0 Å². The molecule has 0 saturated heterocycles. The Kier molecular flexibility index (Phi) is 7.34. The molecule has 4 aromatic heterocycles. The second-order valence-corrected chi connectivity index (χ2v) is 18.7. The number of aromatic nitrogens is 3. The molecule has 0 unspecified atom stereocenters. The van der Waals surface area contributed by atoms with Crippen molar-refractivity contribution in [3.05, 3.63) is 237 Å². The van der Waals surface area contributed by atoms with Crippen LogP contribution in [0.1, 0.15) is 0 Å². The SMILES string of the molecule is c1ccc(-n2c3ccccc3c3c4c5cccc6c7ccccc7n(c7cc8c9ccccc9c9ccccc9c9ccccc9c8cc7c7cccc8c9ccccc9n(c4ccc32)c78)c65)cc1. The normalized spacial score (nSPS) is 12.3. The van der Waals surface area contributed by atoms with Crippen LogP contribution >= 0.6 is 0 Å². The molecule has 0 N–H and O–H groups in total. The Morgan fingerprint density at radius 1 is 0.188 bits per heavy atom. The first-order chi connectivity index (χ1) is 34.3. The van der Waals surface area contributed by atoms with E-state index in [2.05, 4.69) is 250 Å². The Hall–Kier alpha value is -9.18. The number of rotatable bonds is 1. The van der Waals surface area contributed by atoms with E-state index >= 15 is 0 Å². The van der Waals surface area contributed by atoms with Gasteiger partial charge in [-0.2, -0.15) is 0 Å². The lowest BCUT2D eigenvalue weighted by Crippen LogP contribution is -1.95. The van der Waals surface area contributed by atoms with Crippen LogP contribution in [-0.2, 0) is 0 Å². The quantitative estimate of drug-likeness (QED) is 0.156. The second kappa shape index (κ2) is 13.7. The summed E-state index contributed by atoms with van der Waals surface area (Å²) in [5.74, 6) is 0. The average molecular weight is 874 g/mol. The molecule has 12 aromatic carbocycles. The largest absolute Gasteiger partial charge is 0.309 e. The zero-order chi connectivity index (χ0) is 44.9. The molecule has 69 heavy (non-hydrogen) atoms. The standard InChI is InChI=1S/C66H39N3/c1-2-18-40(19-3-1)67-59-35-15-12-28-52(59)63-60(67)36-37-61-64(63)53-32-17-30-50-48-27-11-14-34-58(48)69(66(50)53)62-39-55-46-25-9-7-23-44(46)42-21-5-4-20-41(42)43-22-6-8-24-45(43)54(55)38-56(62)51-31-16-29-49-47-26-10-13-33-57(47)68(61)65(49)51/h1-39H. The highest BCUT2D eigenvalue weighted by Gasteiger charge is 2.22. The molecule has 3 nitrogen and oxygen atoms in total. The summed E-state index contributed by atoms with van der Waals surface area (Å²) in [5.41, 5.74) is 10.6. The van der Waals surface area contributed by atoms with Crippen molar-refractivity contribution in [1.82, 2.24) is 13.4 Å². The molecule has 318 valence electrons. The van der Waals surface area contributed by atoms with Gasteiger partial charge in [-0.3, -0.25) is 0 Å². The molecule has 0 spiro atoms. The number of benzene rings is 11. The Labute approximate surface area is 394 Å². The number of hydrogen-bond donors (Lipinski definition) is 0. The first kappa shape index (κ1) is 37.0. The third kappa shape index (κ3) is 4.85. The number of fused-ring (bicyclic) bond motifs is 24. The second-order valence-electron chi connectivity index (χ2n) is 18.7. The van der Waals surface area contributed by atoms with Crippen molar-refractivity contribution < 1.29 is 0 Å². The monoisotopic (exact) mass is 873 g/mol. The summed E-state index contributed by atoms with van der Waals surface area (Å²) in [6, 6.07) is 88.7. The zero-order valence-electron chi connectivity index (χ0n) is 37.4. The van der Waals surface area contributed by atoms with Crippen molar-refractivity contribution in [3.8, 4) is 5.69 Å². The first-order valence-electron chi connectivity index (χ1n) is 23.9. The van der Waals surface area contributed by atoms with Crippen LogP contribution in [-0.4, -0.2) is 13.4 Å². The van der Waals surface area contributed by atoms with Gasteiger partial charge in [-0.25, -0.2) is 0 Å². The van der Waals surface area contributed by atoms with E-state index in [1.807, 2.05) is 0 Å². The van der Waals surface area contributed by atoms with Gasteiger partial charge in [-0.05, 0) is 97.7 Å². The molecule has 0 fully saturated rings. The molecule has 0 aliphatic carbocycles. The summed E-state index contributed by atoms with van der Waals surface area (Å²) in [6.45, 7) is 0. The van der Waals surface area contributed by atoms with E-state index in [9.17, 15) is 0 Å². The van der Waals surface area contributed by atoms with Gasteiger partial charge < -0.3 is 13.4 Å². The van der Waals surface area contributed by atoms with Gasteiger partial charge in [0.1, 0.15) is 0 Å². The van der Waals surface area contributed by atoms with Gasteiger partial charge in [0.2, 0.25) is 0 Å². The molecule has 0 radical (unpaired) electrons. The highest BCUT2D eigenvalue weighted by Crippen LogP contribution is 2.46. The Morgan fingerprint density at radius 3 is 1.14 bits per heavy atom. The summed E-state index contributed by atoms with van der Waals surface area (Å²) >= 11 is 0. The molecule has 0 amide bonds. The molecule has 0 aliphatic heterocycles. The van der Waals surface area contributed by atoms with Crippen LogP contribution in [0.3, 0.4) is 0 Å². The number of para-hydroxylation sites is 6. The van der Waals surface area contributed by atoms with Crippen LogP contribution < -0.4 is 0 Å². The highest BCUT2D eigenvalue weighted by atomic mass is 15.0. The molecule has 0 bridgehead atoms. The topological polar surface area (TPSA) is 13.8 Å². The maximum atomic E-state index is 2.62.